The maximum absolute atomic E-state index is 13.5. The van der Waals surface area contributed by atoms with Crippen molar-refractivity contribution in [3.05, 3.63) is 93.9 Å². The molecular formula is C23H23N5O. The van der Waals surface area contributed by atoms with Gasteiger partial charge in [0, 0.05) is 50.0 Å². The van der Waals surface area contributed by atoms with Crippen molar-refractivity contribution < 1.29 is 0 Å². The summed E-state index contributed by atoms with van der Waals surface area (Å²) in [6.45, 7) is 2.89. The molecule has 0 spiro atoms. The number of nitrogens with zero attached hydrogens (tertiary/aromatic N) is 5. The lowest BCUT2D eigenvalue weighted by Gasteiger charge is -2.29. The Hall–Kier alpha value is -3.25. The second kappa shape index (κ2) is 7.29. The second-order valence-electron chi connectivity index (χ2n) is 7.67. The lowest BCUT2D eigenvalue weighted by Crippen LogP contribution is -2.37. The maximum Gasteiger partial charge on any atom is 0.257 e. The molecule has 0 saturated heterocycles. The summed E-state index contributed by atoms with van der Waals surface area (Å²) < 4.78 is 3.87. The van der Waals surface area contributed by atoms with Gasteiger partial charge in [-0.05, 0) is 29.7 Å². The first-order valence-electron chi connectivity index (χ1n) is 9.91. The zero-order valence-corrected chi connectivity index (χ0v) is 16.5. The number of hydrogen-bond acceptors (Lipinski definition) is 4. The van der Waals surface area contributed by atoms with E-state index in [1.165, 1.54) is 0 Å². The summed E-state index contributed by atoms with van der Waals surface area (Å²) in [4.78, 5) is 24.6. The number of aromatic nitrogens is 4. The van der Waals surface area contributed by atoms with Gasteiger partial charge in [-0.25, -0.2) is 9.97 Å². The van der Waals surface area contributed by atoms with Crippen molar-refractivity contribution in [1.29, 1.82) is 0 Å². The van der Waals surface area contributed by atoms with E-state index >= 15 is 0 Å². The summed E-state index contributed by atoms with van der Waals surface area (Å²) in [5, 5.41) is 1.10. The van der Waals surface area contributed by atoms with Gasteiger partial charge in [-0.3, -0.25) is 14.3 Å². The fraction of sp³-hybridized carbons (Fsp3) is 0.261. The molecule has 0 N–H and O–H groups in total. The molecule has 29 heavy (non-hydrogen) atoms. The number of imidazole rings is 1. The van der Waals surface area contributed by atoms with Crippen LogP contribution >= 0.6 is 0 Å². The number of hydrogen-bond donors (Lipinski definition) is 0. The molecule has 4 heterocycles. The third-order valence-corrected chi connectivity index (χ3v) is 5.78. The van der Waals surface area contributed by atoms with Crippen LogP contribution in [0.4, 0.5) is 0 Å². The molecule has 0 bridgehead atoms. The Bertz CT molecular complexity index is 1230. The number of fused-ring (bicyclic) bond motifs is 3. The Morgan fingerprint density at radius 1 is 1.03 bits per heavy atom. The van der Waals surface area contributed by atoms with Gasteiger partial charge in [0.1, 0.15) is 5.65 Å². The lowest BCUT2D eigenvalue weighted by molar-refractivity contribution is 0.239. The van der Waals surface area contributed by atoms with Crippen molar-refractivity contribution in [2.24, 2.45) is 7.05 Å². The van der Waals surface area contributed by atoms with Gasteiger partial charge < -0.3 is 4.57 Å². The molecule has 0 fully saturated rings. The Labute approximate surface area is 169 Å². The lowest BCUT2D eigenvalue weighted by atomic mass is 9.97. The van der Waals surface area contributed by atoms with E-state index in [2.05, 4.69) is 33.1 Å². The average molecular weight is 385 g/mol. The van der Waals surface area contributed by atoms with Gasteiger partial charge >= 0.3 is 0 Å². The van der Waals surface area contributed by atoms with Crippen LogP contribution in [-0.2, 0) is 33.1 Å². The van der Waals surface area contributed by atoms with E-state index < -0.39 is 0 Å². The van der Waals surface area contributed by atoms with Gasteiger partial charge in [0.25, 0.3) is 5.56 Å². The molecule has 6 heteroatoms. The molecule has 6 nitrogen and oxygen atoms in total. The van der Waals surface area contributed by atoms with Crippen molar-refractivity contribution in [2.45, 2.75) is 26.1 Å². The largest absolute Gasteiger partial charge is 0.337 e. The third-order valence-electron chi connectivity index (χ3n) is 5.78. The highest BCUT2D eigenvalue weighted by Gasteiger charge is 2.24. The van der Waals surface area contributed by atoms with Crippen molar-refractivity contribution in [1.82, 2.24) is 24.0 Å². The highest BCUT2D eigenvalue weighted by atomic mass is 16.1. The highest BCUT2D eigenvalue weighted by Crippen LogP contribution is 2.25. The van der Waals surface area contributed by atoms with Gasteiger partial charge in [-0.1, -0.05) is 30.3 Å². The first-order valence-corrected chi connectivity index (χ1v) is 9.91. The Morgan fingerprint density at radius 3 is 2.69 bits per heavy atom. The molecule has 1 aromatic carbocycles. The molecule has 1 aliphatic rings. The molecule has 0 saturated carbocycles. The number of pyridine rings is 2. The smallest absolute Gasteiger partial charge is 0.257 e. The minimum atomic E-state index is 0.0739. The van der Waals surface area contributed by atoms with E-state index in [0.717, 1.165) is 52.9 Å². The predicted octanol–water partition coefficient (Wildman–Crippen LogP) is 2.74. The fourth-order valence-corrected chi connectivity index (χ4v) is 4.23. The van der Waals surface area contributed by atoms with Gasteiger partial charge in [0.05, 0.1) is 18.6 Å². The highest BCUT2D eigenvalue weighted by molar-refractivity contribution is 5.80. The van der Waals surface area contributed by atoms with Crippen molar-refractivity contribution in [3.8, 4) is 0 Å². The maximum atomic E-state index is 13.5. The number of benzene rings is 1. The molecule has 1 aliphatic heterocycles. The van der Waals surface area contributed by atoms with Crippen molar-refractivity contribution in [3.63, 3.8) is 0 Å². The molecule has 0 radical (unpaired) electrons. The first kappa shape index (κ1) is 17.8. The van der Waals surface area contributed by atoms with Crippen LogP contribution in [0.15, 0.2) is 66.0 Å². The summed E-state index contributed by atoms with van der Waals surface area (Å²) >= 11 is 0. The van der Waals surface area contributed by atoms with Crippen LogP contribution in [-0.4, -0.2) is 30.5 Å². The Kier molecular flexibility index (Phi) is 4.48. The van der Waals surface area contributed by atoms with Crippen LogP contribution in [0.2, 0.25) is 0 Å². The zero-order valence-electron chi connectivity index (χ0n) is 16.5. The quantitative estimate of drug-likeness (QED) is 0.542. The SMILES string of the molecule is Cn1cncc1CN1CCc2c(c(=O)n(Cc3ccccc3)c3ncccc23)C1. The molecule has 0 aliphatic carbocycles. The molecular weight excluding hydrogens is 362 g/mol. The topological polar surface area (TPSA) is 56.0 Å². The van der Waals surface area contributed by atoms with Gasteiger partial charge in [0.15, 0.2) is 0 Å². The monoisotopic (exact) mass is 385 g/mol. The summed E-state index contributed by atoms with van der Waals surface area (Å²) in [5.74, 6) is 0. The average Bonchev–Trinajstić information content (AvgIpc) is 3.16. The number of aryl methyl sites for hydroxylation is 1. The van der Waals surface area contributed by atoms with Crippen molar-refractivity contribution in [2.75, 3.05) is 6.54 Å². The standard InChI is InChI=1S/C23H23N5O/c1-26-16-24-12-18(26)14-27-11-9-19-20-8-5-10-25-22(20)28(23(29)21(19)15-27)13-17-6-3-2-4-7-17/h2-8,10,12,16H,9,11,13-15H2,1H3. The zero-order chi connectivity index (χ0) is 19.8. The summed E-state index contributed by atoms with van der Waals surface area (Å²) in [6.07, 6.45) is 6.34. The van der Waals surface area contributed by atoms with Crippen LogP contribution in [0, 0.1) is 0 Å². The molecule has 0 atom stereocenters. The summed E-state index contributed by atoms with van der Waals surface area (Å²) in [7, 11) is 2.01. The third kappa shape index (κ3) is 3.25. The minimum absolute atomic E-state index is 0.0739. The first-order chi connectivity index (χ1) is 14.2. The van der Waals surface area contributed by atoms with Crippen LogP contribution in [0.1, 0.15) is 22.4 Å². The molecule has 0 amide bonds. The van der Waals surface area contributed by atoms with E-state index in [1.54, 1.807) is 6.20 Å². The minimum Gasteiger partial charge on any atom is -0.337 e. The summed E-state index contributed by atoms with van der Waals surface area (Å²) in [6, 6.07) is 14.2. The van der Waals surface area contributed by atoms with Crippen molar-refractivity contribution >= 4 is 11.0 Å². The molecule has 5 rings (SSSR count). The van der Waals surface area contributed by atoms with E-state index in [0.29, 0.717) is 13.1 Å². The predicted molar refractivity (Wildman–Crippen MR) is 113 cm³/mol. The van der Waals surface area contributed by atoms with Crippen LogP contribution in [0.25, 0.3) is 11.0 Å². The normalized spacial score (nSPS) is 14.2. The number of rotatable bonds is 4. The van der Waals surface area contributed by atoms with Gasteiger partial charge in [-0.15, -0.1) is 0 Å². The Balaban J connectivity index is 1.58. The van der Waals surface area contributed by atoms with Crippen LogP contribution in [0.3, 0.4) is 0 Å². The summed E-state index contributed by atoms with van der Waals surface area (Å²) in [5.41, 5.74) is 5.16. The molecule has 0 unspecified atom stereocenters. The van der Waals surface area contributed by atoms with E-state index in [1.807, 2.05) is 53.0 Å². The van der Waals surface area contributed by atoms with E-state index in [4.69, 9.17) is 0 Å². The molecule has 146 valence electrons. The van der Waals surface area contributed by atoms with Gasteiger partial charge in [-0.2, -0.15) is 0 Å². The van der Waals surface area contributed by atoms with E-state index in [-0.39, 0.29) is 5.56 Å². The molecule has 3 aromatic heterocycles. The van der Waals surface area contributed by atoms with Crippen LogP contribution in [0.5, 0.6) is 0 Å². The van der Waals surface area contributed by atoms with Gasteiger partial charge in [0.2, 0.25) is 0 Å². The Morgan fingerprint density at radius 2 is 1.90 bits per heavy atom. The second-order valence-corrected chi connectivity index (χ2v) is 7.67. The fourth-order valence-electron chi connectivity index (χ4n) is 4.23. The van der Waals surface area contributed by atoms with Crippen LogP contribution < -0.4 is 5.56 Å². The van der Waals surface area contributed by atoms with E-state index in [9.17, 15) is 4.79 Å². The molecule has 4 aromatic rings.